The van der Waals surface area contributed by atoms with Crippen LogP contribution in [0, 0.1) is 5.41 Å². The SMILES string of the molecule is CCCc1cc(C(CC)CCc2cccs2)ccc1OCC(=O)C(C)(C)C. The average molecular weight is 387 g/mol. The molecule has 0 bridgehead atoms. The zero-order valence-electron chi connectivity index (χ0n) is 17.5. The molecule has 0 amide bonds. The molecule has 0 aliphatic carbocycles. The largest absolute Gasteiger partial charge is 0.486 e. The van der Waals surface area contributed by atoms with Crippen LogP contribution in [0.2, 0.25) is 0 Å². The van der Waals surface area contributed by atoms with Gasteiger partial charge in [-0.25, -0.2) is 0 Å². The maximum Gasteiger partial charge on any atom is 0.175 e. The molecule has 3 heteroatoms. The number of carbonyl (C=O) groups excluding carboxylic acids is 1. The van der Waals surface area contributed by atoms with Crippen LogP contribution in [0.3, 0.4) is 0 Å². The summed E-state index contributed by atoms with van der Waals surface area (Å²) in [5.74, 6) is 1.57. The summed E-state index contributed by atoms with van der Waals surface area (Å²) in [5.41, 5.74) is 2.26. The minimum atomic E-state index is -0.361. The van der Waals surface area contributed by atoms with Gasteiger partial charge in [-0.05, 0) is 60.2 Å². The van der Waals surface area contributed by atoms with Gasteiger partial charge in [0.1, 0.15) is 12.4 Å². The highest BCUT2D eigenvalue weighted by molar-refractivity contribution is 7.09. The van der Waals surface area contributed by atoms with E-state index in [-0.39, 0.29) is 17.8 Å². The van der Waals surface area contributed by atoms with E-state index >= 15 is 0 Å². The van der Waals surface area contributed by atoms with Crippen LogP contribution in [0.1, 0.15) is 75.8 Å². The number of ketones is 1. The van der Waals surface area contributed by atoms with Gasteiger partial charge in [0.05, 0.1) is 0 Å². The van der Waals surface area contributed by atoms with Crippen molar-refractivity contribution in [2.24, 2.45) is 5.41 Å². The molecule has 2 nitrogen and oxygen atoms in total. The summed E-state index contributed by atoms with van der Waals surface area (Å²) in [7, 11) is 0. The standard InChI is InChI=1S/C24H34O2S/c1-6-9-20-16-19(18(7-2)11-13-21-10-8-15-27-21)12-14-22(20)26-17-23(25)24(3,4)5/h8,10,12,14-16,18H,6-7,9,11,13,17H2,1-5H3. The van der Waals surface area contributed by atoms with Crippen molar-refractivity contribution in [2.45, 2.75) is 72.6 Å². The quantitative estimate of drug-likeness (QED) is 0.448. The predicted molar refractivity (Wildman–Crippen MR) is 116 cm³/mol. The summed E-state index contributed by atoms with van der Waals surface area (Å²) in [6.07, 6.45) is 5.50. The van der Waals surface area contributed by atoms with Gasteiger partial charge in [0.2, 0.25) is 0 Å². The van der Waals surface area contributed by atoms with Crippen molar-refractivity contribution < 1.29 is 9.53 Å². The van der Waals surface area contributed by atoms with E-state index < -0.39 is 0 Å². The molecule has 0 N–H and O–H groups in total. The van der Waals surface area contributed by atoms with Crippen LogP contribution < -0.4 is 4.74 Å². The number of Topliss-reactive ketones (excluding diaryl/α,β-unsaturated/α-hetero) is 1. The molecule has 0 spiro atoms. The van der Waals surface area contributed by atoms with Gasteiger partial charge in [0.25, 0.3) is 0 Å². The number of hydrogen-bond acceptors (Lipinski definition) is 3. The van der Waals surface area contributed by atoms with Gasteiger partial charge in [-0.2, -0.15) is 0 Å². The monoisotopic (exact) mass is 386 g/mol. The Bertz CT molecular complexity index is 710. The molecule has 1 aromatic heterocycles. The smallest absolute Gasteiger partial charge is 0.175 e. The highest BCUT2D eigenvalue weighted by Crippen LogP contribution is 2.31. The van der Waals surface area contributed by atoms with Gasteiger partial charge < -0.3 is 4.74 Å². The minimum Gasteiger partial charge on any atom is -0.486 e. The number of aryl methyl sites for hydroxylation is 2. The van der Waals surface area contributed by atoms with E-state index in [1.807, 2.05) is 32.1 Å². The van der Waals surface area contributed by atoms with Gasteiger partial charge in [0, 0.05) is 10.3 Å². The molecule has 0 saturated heterocycles. The lowest BCUT2D eigenvalue weighted by Gasteiger charge is -2.20. The van der Waals surface area contributed by atoms with Crippen molar-refractivity contribution in [3.8, 4) is 5.75 Å². The second kappa shape index (κ2) is 10.1. The molecule has 0 radical (unpaired) electrons. The summed E-state index contributed by atoms with van der Waals surface area (Å²) >= 11 is 1.84. The fraction of sp³-hybridized carbons (Fsp3) is 0.542. The second-order valence-corrected chi connectivity index (χ2v) is 9.33. The molecule has 2 aromatic rings. The Kier molecular flexibility index (Phi) is 8.09. The molecule has 1 aromatic carbocycles. The summed E-state index contributed by atoms with van der Waals surface area (Å²) < 4.78 is 5.92. The number of ether oxygens (including phenoxy) is 1. The van der Waals surface area contributed by atoms with E-state index in [2.05, 4.69) is 49.6 Å². The van der Waals surface area contributed by atoms with Crippen molar-refractivity contribution in [3.05, 3.63) is 51.7 Å². The molecule has 148 valence electrons. The van der Waals surface area contributed by atoms with E-state index in [1.54, 1.807) is 0 Å². The van der Waals surface area contributed by atoms with Gasteiger partial charge in [-0.15, -0.1) is 11.3 Å². The maximum atomic E-state index is 12.2. The number of benzene rings is 1. The van der Waals surface area contributed by atoms with Gasteiger partial charge in [0.15, 0.2) is 5.78 Å². The third-order valence-corrected chi connectivity index (χ3v) is 6.02. The fourth-order valence-electron chi connectivity index (χ4n) is 3.20. The first-order chi connectivity index (χ1) is 12.8. The van der Waals surface area contributed by atoms with Crippen LogP contribution in [-0.2, 0) is 17.6 Å². The molecule has 0 aliphatic heterocycles. The van der Waals surface area contributed by atoms with Gasteiger partial charge >= 0.3 is 0 Å². The number of thiophene rings is 1. The molecule has 2 rings (SSSR count). The fourth-order valence-corrected chi connectivity index (χ4v) is 3.92. The lowest BCUT2D eigenvalue weighted by Crippen LogP contribution is -2.26. The van der Waals surface area contributed by atoms with Gasteiger partial charge in [-0.3, -0.25) is 4.79 Å². The van der Waals surface area contributed by atoms with E-state index in [0.29, 0.717) is 5.92 Å². The third kappa shape index (κ3) is 6.49. The van der Waals surface area contributed by atoms with Crippen LogP contribution in [0.4, 0.5) is 0 Å². The van der Waals surface area contributed by atoms with Crippen molar-refractivity contribution in [2.75, 3.05) is 6.61 Å². The second-order valence-electron chi connectivity index (χ2n) is 8.30. The van der Waals surface area contributed by atoms with Crippen molar-refractivity contribution in [1.82, 2.24) is 0 Å². The van der Waals surface area contributed by atoms with E-state index in [0.717, 1.165) is 31.4 Å². The summed E-state index contributed by atoms with van der Waals surface area (Å²) in [5, 5.41) is 2.15. The average Bonchev–Trinajstić information content (AvgIpc) is 3.14. The molecule has 0 aliphatic rings. The Morgan fingerprint density at radius 2 is 1.93 bits per heavy atom. The van der Waals surface area contributed by atoms with Crippen LogP contribution in [-0.4, -0.2) is 12.4 Å². The zero-order valence-corrected chi connectivity index (χ0v) is 18.3. The zero-order chi connectivity index (χ0) is 19.9. The maximum absolute atomic E-state index is 12.2. The van der Waals surface area contributed by atoms with E-state index in [4.69, 9.17) is 4.74 Å². The third-order valence-electron chi connectivity index (χ3n) is 5.08. The van der Waals surface area contributed by atoms with Crippen molar-refractivity contribution >= 4 is 17.1 Å². The summed E-state index contributed by atoms with van der Waals surface area (Å²) in [4.78, 5) is 13.7. The number of rotatable bonds is 10. The molecular formula is C24H34O2S. The molecule has 1 atom stereocenters. The first-order valence-corrected chi connectivity index (χ1v) is 11.0. The topological polar surface area (TPSA) is 26.3 Å². The molecule has 0 saturated carbocycles. The first kappa shape index (κ1) is 21.7. The number of hydrogen-bond donors (Lipinski definition) is 0. The Morgan fingerprint density at radius 1 is 1.15 bits per heavy atom. The Labute approximate surface area is 169 Å². The summed E-state index contributed by atoms with van der Waals surface area (Å²) in [6, 6.07) is 10.9. The lowest BCUT2D eigenvalue weighted by atomic mass is 9.89. The highest BCUT2D eigenvalue weighted by atomic mass is 32.1. The van der Waals surface area contributed by atoms with Crippen LogP contribution in [0.25, 0.3) is 0 Å². The Hall–Kier alpha value is -1.61. The van der Waals surface area contributed by atoms with Crippen LogP contribution in [0.5, 0.6) is 5.75 Å². The molecular weight excluding hydrogens is 352 g/mol. The normalized spacial score (nSPS) is 12.8. The van der Waals surface area contributed by atoms with E-state index in [9.17, 15) is 4.79 Å². The first-order valence-electron chi connectivity index (χ1n) is 10.2. The molecule has 1 unspecified atom stereocenters. The predicted octanol–water partition coefficient (Wildman–Crippen LogP) is 6.82. The summed E-state index contributed by atoms with van der Waals surface area (Å²) in [6.45, 7) is 10.4. The van der Waals surface area contributed by atoms with E-state index in [1.165, 1.54) is 22.4 Å². The molecule has 27 heavy (non-hydrogen) atoms. The molecule has 0 fully saturated rings. The number of carbonyl (C=O) groups is 1. The lowest BCUT2D eigenvalue weighted by molar-refractivity contribution is -0.128. The van der Waals surface area contributed by atoms with Gasteiger partial charge in [-0.1, -0.05) is 59.2 Å². The van der Waals surface area contributed by atoms with Crippen molar-refractivity contribution in [3.63, 3.8) is 0 Å². The minimum absolute atomic E-state index is 0.136. The Morgan fingerprint density at radius 3 is 2.52 bits per heavy atom. The van der Waals surface area contributed by atoms with Crippen molar-refractivity contribution in [1.29, 1.82) is 0 Å². The Balaban J connectivity index is 2.10. The van der Waals surface area contributed by atoms with Crippen LogP contribution in [0.15, 0.2) is 35.7 Å². The molecule has 1 heterocycles. The highest BCUT2D eigenvalue weighted by Gasteiger charge is 2.22. The van der Waals surface area contributed by atoms with Crippen LogP contribution >= 0.6 is 11.3 Å².